The molecule has 0 saturated carbocycles. The van der Waals surface area contributed by atoms with Crippen LogP contribution in [-0.2, 0) is 6.54 Å². The van der Waals surface area contributed by atoms with Crippen LogP contribution >= 0.6 is 11.6 Å². The normalized spacial score (nSPS) is 13.1. The molecule has 0 amide bonds. The number of alkyl halides is 1. The van der Waals surface area contributed by atoms with Crippen LogP contribution < -0.4 is 4.74 Å². The quantitative estimate of drug-likeness (QED) is 0.766. The number of hydrogen-bond acceptors (Lipinski definition) is 3. The third-order valence-electron chi connectivity index (χ3n) is 3.33. The highest BCUT2D eigenvalue weighted by Crippen LogP contribution is 2.27. The Balaban J connectivity index is 2.36. The first kappa shape index (κ1) is 15.1. The zero-order valence-corrected chi connectivity index (χ0v) is 13.3. The molecule has 1 atom stereocenters. The third kappa shape index (κ3) is 3.25. The molecule has 1 aromatic heterocycles. The summed E-state index contributed by atoms with van der Waals surface area (Å²) in [6.45, 7) is 3.93. The lowest BCUT2D eigenvalue weighted by molar-refractivity contribution is 0.386. The molecule has 0 fully saturated rings. The zero-order valence-electron chi connectivity index (χ0n) is 12.6. The van der Waals surface area contributed by atoms with Crippen molar-refractivity contribution in [2.45, 2.75) is 25.3 Å². The lowest BCUT2D eigenvalue weighted by atomic mass is 10.3. The molecule has 20 heavy (non-hydrogen) atoms. The number of imidazole rings is 1. The fourth-order valence-corrected chi connectivity index (χ4v) is 2.51. The number of methoxy groups -OCH3 is 1. The van der Waals surface area contributed by atoms with E-state index in [0.29, 0.717) is 0 Å². The fraction of sp³-hybridized carbons (Fsp3) is 0.533. The number of ether oxygens (including phenoxy) is 1. The Bertz CT molecular complexity index is 578. The second-order valence-electron chi connectivity index (χ2n) is 5.25. The van der Waals surface area contributed by atoms with Crippen LogP contribution in [0.3, 0.4) is 0 Å². The average molecular weight is 296 g/mol. The molecule has 0 N–H and O–H groups in total. The predicted octanol–water partition coefficient (Wildman–Crippen LogP) is 3.30. The Kier molecular flexibility index (Phi) is 4.89. The molecule has 5 heteroatoms. The standard InChI is InChI=1S/C15H22ClN3O/c1-11(16)15-17-13-10-12(20-4)6-7-14(13)19(15)9-5-8-18(2)3/h6-7,10-11H,5,8-9H2,1-4H3. The van der Waals surface area contributed by atoms with Crippen LogP contribution in [0.2, 0.25) is 0 Å². The van der Waals surface area contributed by atoms with E-state index in [1.807, 2.05) is 19.1 Å². The molecule has 0 spiro atoms. The number of benzene rings is 1. The molecule has 1 aromatic carbocycles. The Morgan fingerprint density at radius 2 is 2.15 bits per heavy atom. The van der Waals surface area contributed by atoms with E-state index in [4.69, 9.17) is 16.3 Å². The van der Waals surface area contributed by atoms with Crippen LogP contribution in [-0.4, -0.2) is 42.2 Å². The van der Waals surface area contributed by atoms with Crippen LogP contribution in [0.5, 0.6) is 5.75 Å². The monoisotopic (exact) mass is 295 g/mol. The summed E-state index contributed by atoms with van der Waals surface area (Å²) < 4.78 is 7.47. The second-order valence-corrected chi connectivity index (χ2v) is 5.90. The molecular weight excluding hydrogens is 274 g/mol. The molecule has 1 heterocycles. The van der Waals surface area contributed by atoms with Gasteiger partial charge in [-0.2, -0.15) is 0 Å². The first-order chi connectivity index (χ1) is 9.52. The van der Waals surface area contributed by atoms with Gasteiger partial charge in [0.25, 0.3) is 0 Å². The number of aryl methyl sites for hydroxylation is 1. The van der Waals surface area contributed by atoms with Crippen LogP contribution in [0.15, 0.2) is 18.2 Å². The van der Waals surface area contributed by atoms with Gasteiger partial charge in [-0.3, -0.25) is 0 Å². The Hall–Kier alpha value is -1.26. The highest BCUT2D eigenvalue weighted by atomic mass is 35.5. The number of rotatable bonds is 6. The van der Waals surface area contributed by atoms with Crippen molar-refractivity contribution in [3.05, 3.63) is 24.0 Å². The largest absolute Gasteiger partial charge is 0.497 e. The van der Waals surface area contributed by atoms with E-state index in [2.05, 4.69) is 34.6 Å². The molecule has 110 valence electrons. The first-order valence-electron chi connectivity index (χ1n) is 6.86. The summed E-state index contributed by atoms with van der Waals surface area (Å²) >= 11 is 6.27. The average Bonchev–Trinajstić information content (AvgIpc) is 2.76. The van der Waals surface area contributed by atoms with Gasteiger partial charge in [0.05, 0.1) is 23.5 Å². The van der Waals surface area contributed by atoms with Gasteiger partial charge in [0, 0.05) is 12.6 Å². The number of aromatic nitrogens is 2. The molecule has 0 radical (unpaired) electrons. The van der Waals surface area contributed by atoms with Gasteiger partial charge in [0.15, 0.2) is 0 Å². The van der Waals surface area contributed by atoms with Gasteiger partial charge in [-0.05, 0) is 46.1 Å². The summed E-state index contributed by atoms with van der Waals surface area (Å²) in [5, 5.41) is -0.104. The Labute approximate surface area is 125 Å². The van der Waals surface area contributed by atoms with E-state index in [9.17, 15) is 0 Å². The van der Waals surface area contributed by atoms with Crippen molar-refractivity contribution >= 4 is 22.6 Å². The van der Waals surface area contributed by atoms with E-state index in [1.54, 1.807) is 7.11 Å². The summed E-state index contributed by atoms with van der Waals surface area (Å²) in [6, 6.07) is 5.98. The van der Waals surface area contributed by atoms with Gasteiger partial charge in [-0.25, -0.2) is 4.98 Å². The summed E-state index contributed by atoms with van der Waals surface area (Å²) in [7, 11) is 5.84. The van der Waals surface area contributed by atoms with Gasteiger partial charge in [0.1, 0.15) is 11.6 Å². The topological polar surface area (TPSA) is 30.3 Å². The van der Waals surface area contributed by atoms with Crippen molar-refractivity contribution < 1.29 is 4.74 Å². The van der Waals surface area contributed by atoms with Gasteiger partial charge >= 0.3 is 0 Å². The molecule has 1 unspecified atom stereocenters. The van der Waals surface area contributed by atoms with E-state index >= 15 is 0 Å². The predicted molar refractivity (Wildman–Crippen MR) is 83.7 cm³/mol. The zero-order chi connectivity index (χ0) is 14.7. The number of fused-ring (bicyclic) bond motifs is 1. The third-order valence-corrected chi connectivity index (χ3v) is 3.52. The summed E-state index contributed by atoms with van der Waals surface area (Å²) in [5.41, 5.74) is 2.06. The van der Waals surface area contributed by atoms with E-state index in [1.165, 1.54) is 0 Å². The van der Waals surface area contributed by atoms with Crippen molar-refractivity contribution in [3.8, 4) is 5.75 Å². The number of nitrogens with zero attached hydrogens (tertiary/aromatic N) is 3. The van der Waals surface area contributed by atoms with Crippen LogP contribution in [0, 0.1) is 0 Å². The molecule has 0 bridgehead atoms. The lowest BCUT2D eigenvalue weighted by Crippen LogP contribution is -2.16. The van der Waals surface area contributed by atoms with Crippen molar-refractivity contribution in [3.63, 3.8) is 0 Å². The molecular formula is C15H22ClN3O. The van der Waals surface area contributed by atoms with Gasteiger partial charge < -0.3 is 14.2 Å². The van der Waals surface area contributed by atoms with Crippen LogP contribution in [0.1, 0.15) is 24.5 Å². The summed E-state index contributed by atoms with van der Waals surface area (Å²) in [5.74, 6) is 1.75. The van der Waals surface area contributed by atoms with Crippen molar-refractivity contribution in [2.24, 2.45) is 0 Å². The van der Waals surface area contributed by atoms with Crippen molar-refractivity contribution in [2.75, 3.05) is 27.7 Å². The minimum Gasteiger partial charge on any atom is -0.497 e. The highest BCUT2D eigenvalue weighted by molar-refractivity contribution is 6.20. The van der Waals surface area contributed by atoms with Gasteiger partial charge in [0.2, 0.25) is 0 Å². The molecule has 0 aliphatic heterocycles. The minimum absolute atomic E-state index is 0.104. The summed E-state index contributed by atoms with van der Waals surface area (Å²) in [4.78, 5) is 6.84. The Morgan fingerprint density at radius 3 is 2.75 bits per heavy atom. The summed E-state index contributed by atoms with van der Waals surface area (Å²) in [6.07, 6.45) is 1.07. The van der Waals surface area contributed by atoms with E-state index < -0.39 is 0 Å². The maximum atomic E-state index is 6.27. The fourth-order valence-electron chi connectivity index (χ4n) is 2.34. The SMILES string of the molecule is COc1ccc2c(c1)nc(C(C)Cl)n2CCCN(C)C. The maximum absolute atomic E-state index is 6.27. The highest BCUT2D eigenvalue weighted by Gasteiger charge is 2.15. The molecule has 2 aromatic rings. The Morgan fingerprint density at radius 1 is 1.40 bits per heavy atom. The lowest BCUT2D eigenvalue weighted by Gasteiger charge is -2.13. The molecule has 4 nitrogen and oxygen atoms in total. The van der Waals surface area contributed by atoms with E-state index in [0.717, 1.165) is 42.1 Å². The first-order valence-corrected chi connectivity index (χ1v) is 7.29. The van der Waals surface area contributed by atoms with Crippen molar-refractivity contribution in [1.29, 1.82) is 0 Å². The van der Waals surface area contributed by atoms with Gasteiger partial charge in [-0.1, -0.05) is 0 Å². The second kappa shape index (κ2) is 6.46. The molecule has 0 aliphatic rings. The van der Waals surface area contributed by atoms with E-state index in [-0.39, 0.29) is 5.38 Å². The molecule has 0 saturated heterocycles. The van der Waals surface area contributed by atoms with Gasteiger partial charge in [-0.15, -0.1) is 11.6 Å². The smallest absolute Gasteiger partial charge is 0.127 e. The van der Waals surface area contributed by atoms with Crippen LogP contribution in [0.4, 0.5) is 0 Å². The molecule has 2 rings (SSSR count). The molecule has 0 aliphatic carbocycles. The van der Waals surface area contributed by atoms with Crippen molar-refractivity contribution in [1.82, 2.24) is 14.5 Å². The number of halogens is 1. The number of hydrogen-bond donors (Lipinski definition) is 0. The minimum atomic E-state index is -0.104. The maximum Gasteiger partial charge on any atom is 0.127 e. The van der Waals surface area contributed by atoms with Crippen LogP contribution in [0.25, 0.3) is 11.0 Å².